The molecule has 2 aliphatic heterocycles. The fourth-order valence-electron chi connectivity index (χ4n) is 2.78. The van der Waals surface area contributed by atoms with Gasteiger partial charge in [0.15, 0.2) is 15.8 Å². The zero-order valence-corrected chi connectivity index (χ0v) is 13.1. The van der Waals surface area contributed by atoms with Crippen LogP contribution in [-0.4, -0.2) is 75.0 Å². The predicted octanol–water partition coefficient (Wildman–Crippen LogP) is -0.237. The van der Waals surface area contributed by atoms with E-state index in [0.717, 1.165) is 19.6 Å². The lowest BCUT2D eigenvalue weighted by Crippen LogP contribution is -2.44. The molecule has 0 aromatic carbocycles. The number of guanidine groups is 1. The standard InChI is InChI=1S/C13H26N4O2S/c1-12-3-2-5-17(11-12)13(14)15-4-6-16-7-9-20(18,19)10-8-16/h12H,2-11H2,1H3,(H2,14,15). The summed E-state index contributed by atoms with van der Waals surface area (Å²) in [4.78, 5) is 8.75. The number of rotatable bonds is 3. The molecule has 2 rings (SSSR count). The van der Waals surface area contributed by atoms with Gasteiger partial charge >= 0.3 is 0 Å². The quantitative estimate of drug-likeness (QED) is 0.575. The van der Waals surface area contributed by atoms with Crippen LogP contribution in [0.3, 0.4) is 0 Å². The second-order valence-corrected chi connectivity index (χ2v) is 8.23. The van der Waals surface area contributed by atoms with E-state index >= 15 is 0 Å². The minimum atomic E-state index is -2.79. The first-order valence-corrected chi connectivity index (χ1v) is 9.26. The Morgan fingerprint density at radius 1 is 1.30 bits per heavy atom. The molecule has 2 aliphatic rings. The molecular weight excluding hydrogens is 276 g/mol. The Kier molecular flexibility index (Phi) is 5.26. The SMILES string of the molecule is CC1CCCN(C(N)=NCCN2CCS(=O)(=O)CC2)C1. The molecule has 1 unspecified atom stereocenters. The first-order valence-electron chi connectivity index (χ1n) is 7.44. The number of sulfone groups is 1. The third kappa shape index (κ3) is 4.63. The van der Waals surface area contributed by atoms with Crippen LogP contribution in [0.1, 0.15) is 19.8 Å². The summed E-state index contributed by atoms with van der Waals surface area (Å²) < 4.78 is 22.7. The van der Waals surface area contributed by atoms with Gasteiger partial charge in [0.1, 0.15) is 0 Å². The highest BCUT2D eigenvalue weighted by molar-refractivity contribution is 7.91. The maximum atomic E-state index is 11.3. The van der Waals surface area contributed by atoms with E-state index in [4.69, 9.17) is 5.73 Å². The highest BCUT2D eigenvalue weighted by atomic mass is 32.2. The van der Waals surface area contributed by atoms with Crippen molar-refractivity contribution in [2.45, 2.75) is 19.8 Å². The van der Waals surface area contributed by atoms with E-state index in [1.807, 2.05) is 0 Å². The van der Waals surface area contributed by atoms with Crippen molar-refractivity contribution in [3.8, 4) is 0 Å². The summed E-state index contributed by atoms with van der Waals surface area (Å²) >= 11 is 0. The summed E-state index contributed by atoms with van der Waals surface area (Å²) in [6, 6.07) is 0. The maximum absolute atomic E-state index is 11.3. The van der Waals surface area contributed by atoms with Crippen molar-refractivity contribution >= 4 is 15.8 Å². The molecule has 0 saturated carbocycles. The lowest BCUT2D eigenvalue weighted by atomic mass is 10.0. The highest BCUT2D eigenvalue weighted by Gasteiger charge is 2.21. The molecule has 0 aromatic rings. The third-order valence-corrected chi connectivity index (χ3v) is 5.72. The Morgan fingerprint density at radius 3 is 2.65 bits per heavy atom. The number of nitrogens with zero attached hydrogens (tertiary/aromatic N) is 3. The van der Waals surface area contributed by atoms with Crippen LogP contribution >= 0.6 is 0 Å². The molecule has 2 N–H and O–H groups in total. The summed E-state index contributed by atoms with van der Waals surface area (Å²) in [5.41, 5.74) is 6.03. The molecule has 0 spiro atoms. The number of nitrogens with two attached hydrogens (primary N) is 1. The number of aliphatic imine (C=N–C) groups is 1. The van der Waals surface area contributed by atoms with Gasteiger partial charge in [0.25, 0.3) is 0 Å². The van der Waals surface area contributed by atoms with Crippen LogP contribution in [0.15, 0.2) is 4.99 Å². The Morgan fingerprint density at radius 2 is 2.00 bits per heavy atom. The van der Waals surface area contributed by atoms with Crippen LogP contribution in [0.4, 0.5) is 0 Å². The Balaban J connectivity index is 1.73. The lowest BCUT2D eigenvalue weighted by molar-refractivity contribution is 0.268. The molecule has 1 atom stereocenters. The zero-order valence-electron chi connectivity index (χ0n) is 12.3. The molecule has 2 saturated heterocycles. The Bertz CT molecular complexity index is 435. The van der Waals surface area contributed by atoms with Crippen LogP contribution in [0, 0.1) is 5.92 Å². The minimum Gasteiger partial charge on any atom is -0.370 e. The second kappa shape index (κ2) is 6.76. The fraction of sp³-hybridized carbons (Fsp3) is 0.923. The van der Waals surface area contributed by atoms with Crippen molar-refractivity contribution in [2.75, 3.05) is 50.8 Å². The molecule has 2 heterocycles. The van der Waals surface area contributed by atoms with Crippen molar-refractivity contribution in [2.24, 2.45) is 16.6 Å². The van der Waals surface area contributed by atoms with Gasteiger partial charge in [0, 0.05) is 32.7 Å². The average molecular weight is 302 g/mol. The molecule has 0 bridgehead atoms. The van der Waals surface area contributed by atoms with E-state index in [2.05, 4.69) is 21.7 Å². The molecule has 0 aromatic heterocycles. The van der Waals surface area contributed by atoms with Gasteiger partial charge in [-0.1, -0.05) is 6.92 Å². The molecule has 2 fully saturated rings. The first-order chi connectivity index (χ1) is 9.46. The topological polar surface area (TPSA) is 79.0 Å². The van der Waals surface area contributed by atoms with E-state index in [-0.39, 0.29) is 11.5 Å². The number of hydrogen-bond acceptors (Lipinski definition) is 4. The molecule has 7 heteroatoms. The van der Waals surface area contributed by atoms with Crippen LogP contribution < -0.4 is 5.73 Å². The van der Waals surface area contributed by atoms with Crippen LogP contribution in [-0.2, 0) is 9.84 Å². The van der Waals surface area contributed by atoms with E-state index < -0.39 is 9.84 Å². The fourth-order valence-corrected chi connectivity index (χ4v) is 4.05. The maximum Gasteiger partial charge on any atom is 0.191 e. The zero-order chi connectivity index (χ0) is 14.6. The molecule has 20 heavy (non-hydrogen) atoms. The third-order valence-electron chi connectivity index (χ3n) is 4.11. The number of hydrogen-bond donors (Lipinski definition) is 1. The number of piperidine rings is 1. The van der Waals surface area contributed by atoms with E-state index in [0.29, 0.717) is 31.5 Å². The lowest BCUT2D eigenvalue weighted by Gasteiger charge is -2.32. The van der Waals surface area contributed by atoms with Gasteiger partial charge in [-0.25, -0.2) is 8.42 Å². The summed E-state index contributed by atoms with van der Waals surface area (Å²) in [6.45, 7) is 6.93. The van der Waals surface area contributed by atoms with Gasteiger partial charge in [0.2, 0.25) is 0 Å². The second-order valence-electron chi connectivity index (χ2n) is 5.93. The predicted molar refractivity (Wildman–Crippen MR) is 81.6 cm³/mol. The number of likely N-dealkylation sites (tertiary alicyclic amines) is 1. The van der Waals surface area contributed by atoms with Crippen molar-refractivity contribution in [3.05, 3.63) is 0 Å². The molecule has 0 amide bonds. The van der Waals surface area contributed by atoms with E-state index in [9.17, 15) is 8.42 Å². The summed E-state index contributed by atoms with van der Waals surface area (Å²) in [7, 11) is -2.79. The summed E-state index contributed by atoms with van der Waals surface area (Å²) in [5, 5.41) is 0. The van der Waals surface area contributed by atoms with Crippen molar-refractivity contribution in [3.63, 3.8) is 0 Å². The van der Waals surface area contributed by atoms with Crippen molar-refractivity contribution in [1.82, 2.24) is 9.80 Å². The molecular formula is C13H26N4O2S. The van der Waals surface area contributed by atoms with Crippen molar-refractivity contribution in [1.29, 1.82) is 0 Å². The summed E-state index contributed by atoms with van der Waals surface area (Å²) in [6.07, 6.45) is 2.45. The first kappa shape index (κ1) is 15.6. The smallest absolute Gasteiger partial charge is 0.191 e. The molecule has 6 nitrogen and oxygen atoms in total. The molecule has 0 aliphatic carbocycles. The van der Waals surface area contributed by atoms with E-state index in [1.165, 1.54) is 12.8 Å². The Hall–Kier alpha value is -0.820. The summed E-state index contributed by atoms with van der Waals surface area (Å²) in [5.74, 6) is 1.87. The van der Waals surface area contributed by atoms with Gasteiger partial charge in [-0.05, 0) is 18.8 Å². The van der Waals surface area contributed by atoms with Gasteiger partial charge in [0.05, 0.1) is 18.1 Å². The van der Waals surface area contributed by atoms with Gasteiger partial charge in [-0.15, -0.1) is 0 Å². The molecule has 0 radical (unpaired) electrons. The minimum absolute atomic E-state index is 0.274. The van der Waals surface area contributed by atoms with Crippen LogP contribution in [0.2, 0.25) is 0 Å². The van der Waals surface area contributed by atoms with Gasteiger partial charge < -0.3 is 10.6 Å². The van der Waals surface area contributed by atoms with Crippen LogP contribution in [0.25, 0.3) is 0 Å². The highest BCUT2D eigenvalue weighted by Crippen LogP contribution is 2.14. The average Bonchev–Trinajstić information content (AvgIpc) is 2.40. The normalized spacial score (nSPS) is 28.6. The monoisotopic (exact) mass is 302 g/mol. The largest absolute Gasteiger partial charge is 0.370 e. The van der Waals surface area contributed by atoms with E-state index in [1.54, 1.807) is 0 Å². The van der Waals surface area contributed by atoms with Gasteiger partial charge in [-0.3, -0.25) is 9.89 Å². The van der Waals surface area contributed by atoms with Crippen LogP contribution in [0.5, 0.6) is 0 Å². The Labute approximate surface area is 121 Å². The molecule has 116 valence electrons. The van der Waals surface area contributed by atoms with Gasteiger partial charge in [-0.2, -0.15) is 0 Å². The van der Waals surface area contributed by atoms with Crippen molar-refractivity contribution < 1.29 is 8.42 Å².